The van der Waals surface area contributed by atoms with Crippen LogP contribution < -0.4 is 10.5 Å². The van der Waals surface area contributed by atoms with E-state index in [4.69, 9.17) is 10.5 Å². The second-order valence-electron chi connectivity index (χ2n) is 4.09. The topological polar surface area (TPSA) is 38.5 Å². The first-order valence-electron chi connectivity index (χ1n) is 5.78. The largest absolute Gasteiger partial charge is 0.497 e. The zero-order valence-electron chi connectivity index (χ0n) is 10.3. The lowest BCUT2D eigenvalue weighted by Gasteiger charge is -2.16. The molecule has 0 aliphatic carbocycles. The summed E-state index contributed by atoms with van der Waals surface area (Å²) in [5.74, 6) is 0.924. The van der Waals surface area contributed by atoms with Crippen molar-refractivity contribution in [3.8, 4) is 5.75 Å². The molecule has 1 rings (SSSR count). The van der Waals surface area contributed by atoms with Gasteiger partial charge in [0, 0.05) is 6.54 Å². The van der Waals surface area contributed by atoms with Crippen LogP contribution in [0.2, 0.25) is 0 Å². The van der Waals surface area contributed by atoms with E-state index >= 15 is 0 Å². The van der Waals surface area contributed by atoms with Gasteiger partial charge >= 0.3 is 0 Å². The molecule has 2 N–H and O–H groups in total. The maximum absolute atomic E-state index is 5.47. The molecule has 3 heteroatoms. The number of unbranched alkanes of at least 4 members (excludes halogenated alkanes) is 1. The third-order valence-corrected chi connectivity index (χ3v) is 2.58. The molecule has 1 aromatic carbocycles. The van der Waals surface area contributed by atoms with Crippen molar-refractivity contribution >= 4 is 0 Å². The van der Waals surface area contributed by atoms with E-state index in [1.165, 1.54) is 5.56 Å². The molecule has 0 aliphatic heterocycles. The van der Waals surface area contributed by atoms with Gasteiger partial charge in [-0.1, -0.05) is 12.1 Å². The number of hydrogen-bond donors (Lipinski definition) is 1. The van der Waals surface area contributed by atoms with Gasteiger partial charge in [0.15, 0.2) is 0 Å². The van der Waals surface area contributed by atoms with E-state index in [1.807, 2.05) is 12.1 Å². The van der Waals surface area contributed by atoms with E-state index < -0.39 is 0 Å². The molecule has 0 radical (unpaired) electrons. The molecule has 16 heavy (non-hydrogen) atoms. The Morgan fingerprint density at radius 3 is 2.81 bits per heavy atom. The minimum Gasteiger partial charge on any atom is -0.497 e. The summed E-state index contributed by atoms with van der Waals surface area (Å²) in [6, 6.07) is 8.21. The first-order valence-corrected chi connectivity index (χ1v) is 5.78. The molecule has 0 aliphatic rings. The lowest BCUT2D eigenvalue weighted by Crippen LogP contribution is -2.19. The summed E-state index contributed by atoms with van der Waals surface area (Å²) in [5, 5.41) is 0. The van der Waals surface area contributed by atoms with Crippen molar-refractivity contribution in [1.82, 2.24) is 4.90 Å². The van der Waals surface area contributed by atoms with Crippen LogP contribution in [-0.4, -0.2) is 32.1 Å². The summed E-state index contributed by atoms with van der Waals surface area (Å²) in [6.07, 6.45) is 2.26. The highest BCUT2D eigenvalue weighted by molar-refractivity contribution is 5.28. The molecule has 3 nitrogen and oxygen atoms in total. The van der Waals surface area contributed by atoms with Crippen molar-refractivity contribution in [2.24, 2.45) is 5.73 Å². The van der Waals surface area contributed by atoms with Crippen LogP contribution in [0.1, 0.15) is 18.4 Å². The van der Waals surface area contributed by atoms with Gasteiger partial charge in [0.2, 0.25) is 0 Å². The molecule has 0 heterocycles. The van der Waals surface area contributed by atoms with E-state index in [-0.39, 0.29) is 0 Å². The van der Waals surface area contributed by atoms with Crippen molar-refractivity contribution in [2.75, 3.05) is 27.2 Å². The fraction of sp³-hybridized carbons (Fsp3) is 0.538. The number of benzene rings is 1. The highest BCUT2D eigenvalue weighted by Gasteiger charge is 2.01. The Kier molecular flexibility index (Phi) is 5.90. The fourth-order valence-electron chi connectivity index (χ4n) is 1.69. The van der Waals surface area contributed by atoms with E-state index in [9.17, 15) is 0 Å². The van der Waals surface area contributed by atoms with Crippen molar-refractivity contribution in [1.29, 1.82) is 0 Å². The summed E-state index contributed by atoms with van der Waals surface area (Å²) >= 11 is 0. The summed E-state index contributed by atoms with van der Waals surface area (Å²) in [5.41, 5.74) is 6.76. The third-order valence-electron chi connectivity index (χ3n) is 2.58. The minimum atomic E-state index is 0.785. The Hall–Kier alpha value is -1.06. The van der Waals surface area contributed by atoms with Crippen LogP contribution in [0.15, 0.2) is 24.3 Å². The molecule has 90 valence electrons. The number of nitrogens with zero attached hydrogens (tertiary/aromatic N) is 1. The maximum atomic E-state index is 5.47. The van der Waals surface area contributed by atoms with Gasteiger partial charge in [-0.3, -0.25) is 0 Å². The number of methoxy groups -OCH3 is 1. The third kappa shape index (κ3) is 4.64. The molecular formula is C13H22N2O. The highest BCUT2D eigenvalue weighted by Crippen LogP contribution is 2.13. The Morgan fingerprint density at radius 1 is 1.31 bits per heavy atom. The van der Waals surface area contributed by atoms with Gasteiger partial charge in [0.05, 0.1) is 7.11 Å². The van der Waals surface area contributed by atoms with E-state index in [1.54, 1.807) is 7.11 Å². The molecule has 0 fully saturated rings. The SMILES string of the molecule is COc1cccc(CN(C)CCCCN)c1. The summed E-state index contributed by atoms with van der Waals surface area (Å²) in [4.78, 5) is 2.31. The van der Waals surface area contributed by atoms with Crippen LogP contribution in [0.3, 0.4) is 0 Å². The van der Waals surface area contributed by atoms with Gasteiger partial charge in [-0.15, -0.1) is 0 Å². The van der Waals surface area contributed by atoms with Crippen molar-refractivity contribution in [3.05, 3.63) is 29.8 Å². The highest BCUT2D eigenvalue weighted by atomic mass is 16.5. The first-order chi connectivity index (χ1) is 7.76. The molecule has 0 bridgehead atoms. The predicted molar refractivity (Wildman–Crippen MR) is 67.6 cm³/mol. The zero-order valence-corrected chi connectivity index (χ0v) is 10.3. The average Bonchev–Trinajstić information content (AvgIpc) is 2.29. The number of nitrogens with two attached hydrogens (primary N) is 1. The molecule has 0 aromatic heterocycles. The van der Waals surface area contributed by atoms with Gasteiger partial charge in [0.25, 0.3) is 0 Å². The molecule has 0 saturated heterocycles. The Morgan fingerprint density at radius 2 is 2.12 bits per heavy atom. The molecule has 0 atom stereocenters. The van der Waals surface area contributed by atoms with Crippen LogP contribution in [0.5, 0.6) is 5.75 Å². The summed E-state index contributed by atoms with van der Waals surface area (Å²) in [7, 11) is 3.83. The lowest BCUT2D eigenvalue weighted by molar-refractivity contribution is 0.318. The van der Waals surface area contributed by atoms with Crippen molar-refractivity contribution in [3.63, 3.8) is 0 Å². The second kappa shape index (κ2) is 7.25. The van der Waals surface area contributed by atoms with Gasteiger partial charge in [-0.2, -0.15) is 0 Å². The molecule has 0 saturated carbocycles. The Labute approximate surface area is 98.2 Å². The smallest absolute Gasteiger partial charge is 0.119 e. The number of rotatable bonds is 7. The van der Waals surface area contributed by atoms with E-state index in [2.05, 4.69) is 24.1 Å². The van der Waals surface area contributed by atoms with Crippen LogP contribution in [-0.2, 0) is 6.54 Å². The van der Waals surface area contributed by atoms with E-state index in [0.29, 0.717) is 0 Å². The zero-order chi connectivity index (χ0) is 11.8. The van der Waals surface area contributed by atoms with E-state index in [0.717, 1.165) is 38.2 Å². The predicted octanol–water partition coefficient (Wildman–Crippen LogP) is 1.87. The molecule has 1 aromatic rings. The van der Waals surface area contributed by atoms with Crippen molar-refractivity contribution in [2.45, 2.75) is 19.4 Å². The minimum absolute atomic E-state index is 0.785. The number of ether oxygens (including phenoxy) is 1. The molecular weight excluding hydrogens is 200 g/mol. The second-order valence-corrected chi connectivity index (χ2v) is 4.09. The Balaban J connectivity index is 2.39. The molecule has 0 unspecified atom stereocenters. The average molecular weight is 222 g/mol. The van der Waals surface area contributed by atoms with Crippen LogP contribution in [0.4, 0.5) is 0 Å². The Bertz CT molecular complexity index is 302. The fourth-order valence-corrected chi connectivity index (χ4v) is 1.69. The van der Waals surface area contributed by atoms with Crippen LogP contribution >= 0.6 is 0 Å². The lowest BCUT2D eigenvalue weighted by atomic mass is 10.2. The van der Waals surface area contributed by atoms with Crippen LogP contribution in [0.25, 0.3) is 0 Å². The monoisotopic (exact) mass is 222 g/mol. The van der Waals surface area contributed by atoms with Gasteiger partial charge in [-0.25, -0.2) is 0 Å². The van der Waals surface area contributed by atoms with Gasteiger partial charge in [0.1, 0.15) is 5.75 Å². The standard InChI is InChI=1S/C13H22N2O/c1-15(9-4-3-8-14)11-12-6-5-7-13(10-12)16-2/h5-7,10H,3-4,8-9,11,14H2,1-2H3. The summed E-state index contributed by atoms with van der Waals surface area (Å²) in [6.45, 7) is 2.84. The first kappa shape index (κ1) is 13.0. The quantitative estimate of drug-likeness (QED) is 0.716. The molecule has 0 amide bonds. The van der Waals surface area contributed by atoms with Crippen molar-refractivity contribution < 1.29 is 4.74 Å². The summed E-state index contributed by atoms with van der Waals surface area (Å²) < 4.78 is 5.20. The number of hydrogen-bond acceptors (Lipinski definition) is 3. The normalized spacial score (nSPS) is 10.8. The van der Waals surface area contributed by atoms with Gasteiger partial charge < -0.3 is 15.4 Å². The maximum Gasteiger partial charge on any atom is 0.119 e. The molecule has 0 spiro atoms. The van der Waals surface area contributed by atoms with Crippen LogP contribution in [0, 0.1) is 0 Å². The van der Waals surface area contributed by atoms with Gasteiger partial charge in [-0.05, 0) is 50.7 Å².